The van der Waals surface area contributed by atoms with Crippen LogP contribution < -0.4 is 4.74 Å². The molecule has 2 aromatic heterocycles. The predicted octanol–water partition coefficient (Wildman–Crippen LogP) is 2.72. The number of rotatable bonds is 8. The van der Waals surface area contributed by atoms with Gasteiger partial charge in [0.05, 0.1) is 34.6 Å². The molecule has 0 spiro atoms. The van der Waals surface area contributed by atoms with Gasteiger partial charge >= 0.3 is 5.97 Å². The predicted molar refractivity (Wildman–Crippen MR) is 132 cm³/mol. The molecule has 0 amide bonds. The second-order valence-electron chi connectivity index (χ2n) is 8.74. The quantitative estimate of drug-likeness (QED) is 0.348. The third kappa shape index (κ3) is 4.98. The summed E-state index contributed by atoms with van der Waals surface area (Å²) in [6, 6.07) is 13.6. The van der Waals surface area contributed by atoms with Crippen molar-refractivity contribution >= 4 is 26.9 Å². The van der Waals surface area contributed by atoms with Crippen molar-refractivity contribution < 1.29 is 32.6 Å². The van der Waals surface area contributed by atoms with Crippen LogP contribution in [0.4, 0.5) is 4.39 Å². The Bertz CT molecular complexity index is 1540. The summed E-state index contributed by atoms with van der Waals surface area (Å²) >= 11 is 0. The largest absolute Gasteiger partial charge is 0.593 e. The molecule has 3 heterocycles. The van der Waals surface area contributed by atoms with E-state index < -0.39 is 33.9 Å². The number of pyridine rings is 1. The van der Waals surface area contributed by atoms with E-state index in [0.717, 1.165) is 0 Å². The van der Waals surface area contributed by atoms with Crippen LogP contribution in [-0.4, -0.2) is 62.9 Å². The van der Waals surface area contributed by atoms with Crippen LogP contribution in [0.2, 0.25) is 0 Å². The van der Waals surface area contributed by atoms with E-state index in [1.165, 1.54) is 51.5 Å². The zero-order valence-electron chi connectivity index (χ0n) is 19.5. The van der Waals surface area contributed by atoms with Crippen LogP contribution in [0.5, 0.6) is 11.6 Å². The Labute approximate surface area is 211 Å². The molecule has 12 heteroatoms. The van der Waals surface area contributed by atoms with Crippen molar-refractivity contribution in [2.75, 3.05) is 13.2 Å². The molecule has 2 aromatic carbocycles. The fourth-order valence-electron chi connectivity index (χ4n) is 4.59. The number of carboxylic acid groups (broad SMARTS) is 1. The van der Waals surface area contributed by atoms with E-state index in [1.807, 2.05) is 0 Å². The van der Waals surface area contributed by atoms with E-state index in [2.05, 4.69) is 10.1 Å². The van der Waals surface area contributed by atoms with Crippen LogP contribution in [0, 0.1) is 5.82 Å². The van der Waals surface area contributed by atoms with Crippen molar-refractivity contribution in [1.29, 1.82) is 0 Å². The Kier molecular flexibility index (Phi) is 6.52. The van der Waals surface area contributed by atoms with Crippen LogP contribution in [0.1, 0.15) is 18.2 Å². The van der Waals surface area contributed by atoms with Crippen LogP contribution in [-0.2, 0) is 21.2 Å². The summed E-state index contributed by atoms with van der Waals surface area (Å²) in [6.45, 7) is 0.0276. The maximum absolute atomic E-state index is 14.2. The summed E-state index contributed by atoms with van der Waals surface area (Å²) in [5.41, 5.74) is 0.666. The summed E-state index contributed by atoms with van der Waals surface area (Å²) in [6.07, 6.45) is 1.51. The third-order valence-corrected chi connectivity index (χ3v) is 8.21. The number of aliphatic carboxylic acids is 1. The fourth-order valence-corrected chi connectivity index (χ4v) is 6.25. The number of benzene rings is 2. The monoisotopic (exact) mass is 527 g/mol. The van der Waals surface area contributed by atoms with Crippen molar-refractivity contribution in [3.8, 4) is 11.6 Å². The minimum atomic E-state index is -3.98. The molecule has 0 aliphatic carbocycles. The van der Waals surface area contributed by atoms with E-state index in [4.69, 9.17) is 9.84 Å². The van der Waals surface area contributed by atoms with Crippen LogP contribution in [0.15, 0.2) is 71.8 Å². The van der Waals surface area contributed by atoms with E-state index in [9.17, 15) is 22.7 Å². The Morgan fingerprint density at radius 3 is 2.65 bits per heavy atom. The van der Waals surface area contributed by atoms with Gasteiger partial charge in [0.2, 0.25) is 15.9 Å². The molecular weight excluding hydrogens is 503 g/mol. The van der Waals surface area contributed by atoms with E-state index in [0.29, 0.717) is 23.2 Å². The maximum atomic E-state index is 14.2. The van der Waals surface area contributed by atoms with Gasteiger partial charge in [-0.15, -0.1) is 0 Å². The topological polar surface area (TPSA) is 138 Å². The first-order valence-corrected chi connectivity index (χ1v) is 12.9. The molecule has 10 nitrogen and oxygen atoms in total. The second-order valence-corrected chi connectivity index (χ2v) is 10.6. The van der Waals surface area contributed by atoms with Gasteiger partial charge in [-0.25, -0.2) is 17.8 Å². The van der Waals surface area contributed by atoms with Gasteiger partial charge in [-0.3, -0.25) is 9.48 Å². The Morgan fingerprint density at radius 1 is 1.16 bits per heavy atom. The summed E-state index contributed by atoms with van der Waals surface area (Å²) in [4.78, 5) is 15.6. The Hall–Kier alpha value is -4.03. The van der Waals surface area contributed by atoms with Crippen molar-refractivity contribution in [1.82, 2.24) is 19.1 Å². The second kappa shape index (κ2) is 9.79. The number of sulfonamides is 1. The first kappa shape index (κ1) is 24.7. The maximum Gasteiger partial charge on any atom is 0.309 e. The number of hydrogen-bond acceptors (Lipinski definition) is 6. The van der Waals surface area contributed by atoms with Crippen molar-refractivity contribution in [2.24, 2.45) is 0 Å². The molecule has 0 unspecified atom stereocenters. The molecule has 3 N–H and O–H groups in total. The number of carbonyl (C=O) groups is 1. The van der Waals surface area contributed by atoms with Gasteiger partial charge < -0.3 is 14.9 Å². The van der Waals surface area contributed by atoms with E-state index >= 15 is 0 Å². The summed E-state index contributed by atoms with van der Waals surface area (Å²) in [5, 5.41) is 22.0. The molecule has 0 radical (unpaired) electrons. The molecule has 1 aliphatic rings. The molecule has 1 aliphatic heterocycles. The average Bonchev–Trinajstić information content (AvgIpc) is 3.45. The number of nitrogens with zero attached hydrogens (tertiary/aromatic N) is 4. The molecule has 192 valence electrons. The fraction of sp³-hybridized carbons (Fsp3) is 0.240. The molecule has 0 bridgehead atoms. The Morgan fingerprint density at radius 2 is 1.95 bits per heavy atom. The van der Waals surface area contributed by atoms with Gasteiger partial charge in [0.1, 0.15) is 12.4 Å². The molecule has 4 aromatic rings. The first-order chi connectivity index (χ1) is 17.7. The highest BCUT2D eigenvalue weighted by molar-refractivity contribution is 7.89. The number of ether oxygens (including phenoxy) is 1. The molecule has 2 atom stereocenters. The highest BCUT2D eigenvalue weighted by Gasteiger charge is 2.42. The highest BCUT2D eigenvalue weighted by atomic mass is 32.2. The SMILES string of the molecule is O=C(O)Cc1nn([C@@H]2C[C@H](COc3ccccn3)N(S(=O)(=O)c3ccc([OH2+])cc3)C2)c2cc(F)ccc12. The van der Waals surface area contributed by atoms with Gasteiger partial charge in [0.25, 0.3) is 5.75 Å². The number of carboxylic acids is 1. The normalized spacial score (nSPS) is 18.3. The molecule has 5 rings (SSSR count). The lowest BCUT2D eigenvalue weighted by Crippen LogP contribution is -2.39. The number of fused-ring (bicyclic) bond motifs is 1. The van der Waals surface area contributed by atoms with Crippen LogP contribution >= 0.6 is 0 Å². The van der Waals surface area contributed by atoms with Gasteiger partial charge in [0, 0.05) is 36.3 Å². The van der Waals surface area contributed by atoms with Crippen molar-refractivity contribution in [2.45, 2.75) is 29.8 Å². The lowest BCUT2D eigenvalue weighted by atomic mass is 10.1. The smallest absolute Gasteiger partial charge is 0.309 e. The van der Waals surface area contributed by atoms with Gasteiger partial charge in [-0.2, -0.15) is 9.40 Å². The number of aromatic nitrogens is 3. The lowest BCUT2D eigenvalue weighted by molar-refractivity contribution is -0.136. The standard InChI is InChI=1S/C25H23FN4O6S/c26-16-4-9-21-22(13-25(32)33)28-30(23(21)11-16)17-12-18(15-36-24-3-1-2-10-27-24)29(14-17)37(34,35)20-7-5-19(31)6-8-20/h1-11,17-18,31H,12-15H2,(H,32,33)/p+1/t17-,18-/m1/s1. The molecular formula is C25H24FN4O6S+. The van der Waals surface area contributed by atoms with Gasteiger partial charge in [-0.05, 0) is 42.8 Å². The highest BCUT2D eigenvalue weighted by Crippen LogP contribution is 2.35. The van der Waals surface area contributed by atoms with Crippen molar-refractivity contribution in [3.05, 3.63) is 78.4 Å². The molecule has 0 saturated carbocycles. The number of halogens is 1. The lowest BCUT2D eigenvalue weighted by Gasteiger charge is -2.23. The van der Waals surface area contributed by atoms with Crippen LogP contribution in [0.25, 0.3) is 10.9 Å². The van der Waals surface area contributed by atoms with Crippen LogP contribution in [0.3, 0.4) is 0 Å². The first-order valence-electron chi connectivity index (χ1n) is 11.5. The summed E-state index contributed by atoms with van der Waals surface area (Å²) < 4.78 is 50.1. The third-order valence-electron chi connectivity index (χ3n) is 6.27. The average molecular weight is 528 g/mol. The zero-order valence-corrected chi connectivity index (χ0v) is 20.3. The number of hydrogen-bond donors (Lipinski definition) is 1. The molecule has 1 saturated heterocycles. The summed E-state index contributed by atoms with van der Waals surface area (Å²) in [7, 11) is -3.98. The Balaban J connectivity index is 1.52. The molecule has 1 fully saturated rings. The van der Waals surface area contributed by atoms with Crippen molar-refractivity contribution in [3.63, 3.8) is 0 Å². The minimum absolute atomic E-state index is 0.0127. The van der Waals surface area contributed by atoms with E-state index in [-0.39, 0.29) is 35.9 Å². The van der Waals surface area contributed by atoms with E-state index in [1.54, 1.807) is 24.4 Å². The minimum Gasteiger partial charge on any atom is -0.593 e. The van der Waals surface area contributed by atoms with Gasteiger partial charge in [0.15, 0.2) is 0 Å². The van der Waals surface area contributed by atoms with Gasteiger partial charge in [-0.1, -0.05) is 6.07 Å². The zero-order chi connectivity index (χ0) is 26.2. The molecule has 37 heavy (non-hydrogen) atoms. The summed E-state index contributed by atoms with van der Waals surface area (Å²) in [5.74, 6) is -1.06.